The van der Waals surface area contributed by atoms with Crippen LogP contribution in [0.1, 0.15) is 15.9 Å². The lowest BCUT2D eigenvalue weighted by atomic mass is 10.2. The van der Waals surface area contributed by atoms with Crippen molar-refractivity contribution in [2.75, 3.05) is 5.73 Å². The number of nitrogens with zero attached hydrogens (tertiary/aromatic N) is 3. The lowest BCUT2D eigenvalue weighted by Crippen LogP contribution is -2.16. The summed E-state index contributed by atoms with van der Waals surface area (Å²) in [5.41, 5.74) is 7.41. The highest BCUT2D eigenvalue weighted by molar-refractivity contribution is 7.98. The van der Waals surface area contributed by atoms with E-state index in [4.69, 9.17) is 17.3 Å². The van der Waals surface area contributed by atoms with Gasteiger partial charge in [-0.05, 0) is 29.8 Å². The van der Waals surface area contributed by atoms with Gasteiger partial charge < -0.3 is 5.73 Å². The maximum absolute atomic E-state index is 12.3. The highest BCUT2D eigenvalue weighted by Crippen LogP contribution is 2.22. The third kappa shape index (κ3) is 3.72. The fourth-order valence-corrected chi connectivity index (χ4v) is 2.86. The van der Waals surface area contributed by atoms with Crippen LogP contribution in [0.25, 0.3) is 0 Å². The molecule has 0 spiro atoms. The van der Waals surface area contributed by atoms with E-state index >= 15 is 0 Å². The average Bonchev–Trinajstić information content (AvgIpc) is 2.95. The fourth-order valence-electron chi connectivity index (χ4n) is 1.95. The molecule has 1 heterocycles. The zero-order chi connectivity index (χ0) is 16.2. The minimum absolute atomic E-state index is 0.0810. The number of hydrogen-bond acceptors (Lipinski definition) is 5. The average molecular weight is 345 g/mol. The van der Waals surface area contributed by atoms with E-state index in [-0.39, 0.29) is 11.9 Å². The molecular formula is C16H13ClN4OS. The summed E-state index contributed by atoms with van der Waals surface area (Å²) in [4.78, 5) is 16.5. The molecule has 0 bridgehead atoms. The van der Waals surface area contributed by atoms with Crippen LogP contribution in [0.5, 0.6) is 0 Å². The third-order valence-corrected chi connectivity index (χ3v) is 4.27. The highest BCUT2D eigenvalue weighted by Gasteiger charge is 2.15. The Bertz CT molecular complexity index is 818. The molecule has 0 aliphatic rings. The van der Waals surface area contributed by atoms with Crippen LogP contribution in [0.3, 0.4) is 0 Å². The minimum atomic E-state index is -0.297. The van der Waals surface area contributed by atoms with Gasteiger partial charge in [-0.15, -0.1) is 5.10 Å². The van der Waals surface area contributed by atoms with Crippen LogP contribution in [0.2, 0.25) is 5.02 Å². The van der Waals surface area contributed by atoms with Gasteiger partial charge in [0.1, 0.15) is 0 Å². The molecule has 3 aromatic rings. The predicted octanol–water partition coefficient (Wildman–Crippen LogP) is 3.49. The molecule has 0 aliphatic heterocycles. The molecule has 23 heavy (non-hydrogen) atoms. The zero-order valence-electron chi connectivity index (χ0n) is 12.0. The second-order valence-electron chi connectivity index (χ2n) is 4.75. The first kappa shape index (κ1) is 15.6. The Kier molecular flexibility index (Phi) is 4.64. The molecule has 0 fully saturated rings. The molecule has 1 aromatic heterocycles. The van der Waals surface area contributed by atoms with Crippen LogP contribution in [0.4, 0.5) is 5.95 Å². The van der Waals surface area contributed by atoms with Gasteiger partial charge >= 0.3 is 0 Å². The number of nitrogen functional groups attached to an aromatic ring is 1. The van der Waals surface area contributed by atoms with Gasteiger partial charge in [0, 0.05) is 16.3 Å². The highest BCUT2D eigenvalue weighted by atomic mass is 35.5. The normalized spacial score (nSPS) is 10.7. The summed E-state index contributed by atoms with van der Waals surface area (Å²) in [5.74, 6) is 0.451. The first-order valence-electron chi connectivity index (χ1n) is 6.83. The molecular weight excluding hydrogens is 332 g/mol. The van der Waals surface area contributed by atoms with Crippen molar-refractivity contribution in [1.29, 1.82) is 0 Å². The molecule has 5 nitrogen and oxygen atoms in total. The second kappa shape index (κ2) is 6.85. The lowest BCUT2D eigenvalue weighted by molar-refractivity contribution is 0.0946. The third-order valence-electron chi connectivity index (χ3n) is 3.11. The summed E-state index contributed by atoms with van der Waals surface area (Å²) < 4.78 is 1.12. The summed E-state index contributed by atoms with van der Waals surface area (Å²) in [6.45, 7) is 0. The van der Waals surface area contributed by atoms with Crippen LogP contribution in [0, 0.1) is 0 Å². The van der Waals surface area contributed by atoms with E-state index in [1.54, 1.807) is 24.3 Å². The quantitative estimate of drug-likeness (QED) is 0.733. The molecule has 0 aliphatic carbocycles. The Morgan fingerprint density at radius 2 is 1.83 bits per heavy atom. The van der Waals surface area contributed by atoms with Crippen LogP contribution in [-0.2, 0) is 5.75 Å². The Labute approximate surface area is 142 Å². The molecule has 0 saturated heterocycles. The molecule has 0 radical (unpaired) electrons. The molecule has 2 N–H and O–H groups in total. The summed E-state index contributed by atoms with van der Waals surface area (Å²) in [5, 5.41) is 5.34. The minimum Gasteiger partial charge on any atom is -0.368 e. The van der Waals surface area contributed by atoms with Crippen molar-refractivity contribution in [3.05, 3.63) is 70.7 Å². The summed E-state index contributed by atoms with van der Waals surface area (Å²) >= 11 is 7.27. The number of anilines is 1. The van der Waals surface area contributed by atoms with Crippen LogP contribution < -0.4 is 5.73 Å². The van der Waals surface area contributed by atoms with Crippen molar-refractivity contribution in [3.8, 4) is 0 Å². The maximum Gasteiger partial charge on any atom is 0.281 e. The number of carbonyl (C=O) groups excluding carboxylic acids is 1. The monoisotopic (exact) mass is 344 g/mol. The number of nitrogens with two attached hydrogens (primary N) is 1. The first-order chi connectivity index (χ1) is 11.1. The molecule has 0 saturated carbocycles. The molecule has 2 aromatic carbocycles. The summed E-state index contributed by atoms with van der Waals surface area (Å²) in [7, 11) is 0. The molecule has 7 heteroatoms. The van der Waals surface area contributed by atoms with Crippen molar-refractivity contribution >= 4 is 35.2 Å². The second-order valence-corrected chi connectivity index (χ2v) is 6.13. The smallest absolute Gasteiger partial charge is 0.281 e. The topological polar surface area (TPSA) is 73.8 Å². The van der Waals surface area contributed by atoms with Gasteiger partial charge in [-0.1, -0.05) is 53.7 Å². The number of aromatic nitrogens is 3. The molecule has 116 valence electrons. The van der Waals surface area contributed by atoms with Crippen molar-refractivity contribution in [3.63, 3.8) is 0 Å². The molecule has 0 atom stereocenters. The fraction of sp³-hybridized carbons (Fsp3) is 0.0625. The standard InChI is InChI=1S/C16H13ClN4OS/c17-13-8-6-11(7-9-13)10-23-16-19-15(18)21(20-16)14(22)12-4-2-1-3-5-12/h1-9H,10H2,(H2,18,19,20). The Balaban J connectivity index is 1.73. The lowest BCUT2D eigenvalue weighted by Gasteiger charge is -2.00. The number of carbonyl (C=O) groups is 1. The van der Waals surface area contributed by atoms with Crippen LogP contribution in [-0.4, -0.2) is 20.7 Å². The molecule has 3 rings (SSSR count). The van der Waals surface area contributed by atoms with E-state index in [0.29, 0.717) is 21.5 Å². The molecule has 0 amide bonds. The maximum atomic E-state index is 12.3. The van der Waals surface area contributed by atoms with Crippen LogP contribution in [0.15, 0.2) is 59.8 Å². The van der Waals surface area contributed by atoms with Gasteiger partial charge in [0.2, 0.25) is 11.1 Å². The number of thioether (sulfide) groups is 1. The van der Waals surface area contributed by atoms with Crippen LogP contribution >= 0.6 is 23.4 Å². The van der Waals surface area contributed by atoms with E-state index in [0.717, 1.165) is 10.2 Å². The Morgan fingerprint density at radius 1 is 1.13 bits per heavy atom. The molecule has 0 unspecified atom stereocenters. The van der Waals surface area contributed by atoms with Gasteiger partial charge in [0.25, 0.3) is 5.91 Å². The van der Waals surface area contributed by atoms with E-state index < -0.39 is 0 Å². The predicted molar refractivity (Wildman–Crippen MR) is 91.6 cm³/mol. The van der Waals surface area contributed by atoms with E-state index in [1.165, 1.54) is 11.8 Å². The number of benzene rings is 2. The first-order valence-corrected chi connectivity index (χ1v) is 8.19. The number of halogens is 1. The Morgan fingerprint density at radius 3 is 2.52 bits per heavy atom. The number of rotatable bonds is 4. The van der Waals surface area contributed by atoms with Crippen molar-refractivity contribution in [2.45, 2.75) is 10.9 Å². The number of hydrogen-bond donors (Lipinski definition) is 1. The summed E-state index contributed by atoms with van der Waals surface area (Å²) in [6.07, 6.45) is 0. The van der Waals surface area contributed by atoms with Gasteiger partial charge in [-0.25, -0.2) is 0 Å². The zero-order valence-corrected chi connectivity index (χ0v) is 13.6. The van der Waals surface area contributed by atoms with E-state index in [9.17, 15) is 4.79 Å². The van der Waals surface area contributed by atoms with E-state index in [1.807, 2.05) is 30.3 Å². The van der Waals surface area contributed by atoms with Gasteiger partial charge in [-0.2, -0.15) is 9.67 Å². The SMILES string of the molecule is Nc1nc(SCc2ccc(Cl)cc2)nn1C(=O)c1ccccc1. The van der Waals surface area contributed by atoms with Gasteiger partial charge in [0.15, 0.2) is 0 Å². The largest absolute Gasteiger partial charge is 0.368 e. The van der Waals surface area contributed by atoms with Crippen molar-refractivity contribution < 1.29 is 4.79 Å². The Hall–Kier alpha value is -2.31. The van der Waals surface area contributed by atoms with E-state index in [2.05, 4.69) is 10.1 Å². The van der Waals surface area contributed by atoms with Crippen molar-refractivity contribution in [2.24, 2.45) is 0 Å². The van der Waals surface area contributed by atoms with Gasteiger partial charge in [0.05, 0.1) is 0 Å². The van der Waals surface area contributed by atoms with Crippen molar-refractivity contribution in [1.82, 2.24) is 14.8 Å². The van der Waals surface area contributed by atoms with Gasteiger partial charge in [-0.3, -0.25) is 4.79 Å². The summed E-state index contributed by atoms with van der Waals surface area (Å²) in [6, 6.07) is 16.4.